The summed E-state index contributed by atoms with van der Waals surface area (Å²) in [5.41, 5.74) is 2.74. The van der Waals surface area contributed by atoms with Crippen LogP contribution < -0.4 is 4.74 Å². The Morgan fingerprint density at radius 2 is 1.78 bits per heavy atom. The first-order chi connectivity index (χ1) is 8.79. The third-order valence-corrected chi connectivity index (χ3v) is 2.87. The van der Waals surface area contributed by atoms with Crippen LogP contribution in [0.1, 0.15) is 5.82 Å². The molecule has 0 atom stereocenters. The molecule has 4 heteroatoms. The third kappa shape index (κ3) is 1.62. The van der Waals surface area contributed by atoms with Gasteiger partial charge in [0.15, 0.2) is 5.65 Å². The number of fused-ring (bicyclic) bond motifs is 1. The second-order valence-corrected chi connectivity index (χ2v) is 4.03. The largest absolute Gasteiger partial charge is 0.481 e. The van der Waals surface area contributed by atoms with E-state index in [0.717, 1.165) is 22.7 Å². The van der Waals surface area contributed by atoms with Gasteiger partial charge in [0.2, 0.25) is 5.88 Å². The number of para-hydroxylation sites is 1. The normalized spacial score (nSPS) is 10.8. The zero-order chi connectivity index (χ0) is 12.5. The van der Waals surface area contributed by atoms with Gasteiger partial charge in [0, 0.05) is 11.8 Å². The molecule has 0 aliphatic heterocycles. The van der Waals surface area contributed by atoms with Crippen molar-refractivity contribution in [1.82, 2.24) is 14.5 Å². The van der Waals surface area contributed by atoms with Crippen molar-refractivity contribution in [3.05, 3.63) is 48.3 Å². The fourth-order valence-electron chi connectivity index (χ4n) is 2.05. The molecule has 0 aliphatic rings. The summed E-state index contributed by atoms with van der Waals surface area (Å²) < 4.78 is 7.20. The molecular weight excluding hydrogens is 226 g/mol. The second kappa shape index (κ2) is 4.14. The van der Waals surface area contributed by atoms with Crippen LogP contribution in [0.2, 0.25) is 0 Å². The lowest BCUT2D eigenvalue weighted by Crippen LogP contribution is -1.98. The molecule has 0 amide bonds. The molecule has 2 aromatic heterocycles. The smallest absolute Gasteiger partial charge is 0.215 e. The standard InChI is InChI=1S/C14H13N3O/c1-10-15-12-8-9-13(18-2)16-14(12)17(10)11-6-4-3-5-7-11/h3-9H,1-2H3. The van der Waals surface area contributed by atoms with Crippen LogP contribution in [0, 0.1) is 6.92 Å². The van der Waals surface area contributed by atoms with Crippen molar-refractivity contribution in [2.75, 3.05) is 7.11 Å². The molecule has 18 heavy (non-hydrogen) atoms. The number of pyridine rings is 1. The van der Waals surface area contributed by atoms with Gasteiger partial charge in [-0.25, -0.2) is 4.98 Å². The van der Waals surface area contributed by atoms with Gasteiger partial charge >= 0.3 is 0 Å². The van der Waals surface area contributed by atoms with E-state index in [1.54, 1.807) is 7.11 Å². The number of aryl methyl sites for hydroxylation is 1. The predicted octanol–water partition coefficient (Wildman–Crippen LogP) is 2.74. The summed E-state index contributed by atoms with van der Waals surface area (Å²) in [6.07, 6.45) is 0. The number of hydrogen-bond acceptors (Lipinski definition) is 3. The van der Waals surface area contributed by atoms with Crippen molar-refractivity contribution >= 4 is 11.2 Å². The Morgan fingerprint density at radius 3 is 2.50 bits per heavy atom. The summed E-state index contributed by atoms with van der Waals surface area (Å²) in [7, 11) is 1.62. The molecule has 0 aliphatic carbocycles. The Kier molecular flexibility index (Phi) is 2.48. The van der Waals surface area contributed by atoms with E-state index in [9.17, 15) is 0 Å². The molecule has 0 radical (unpaired) electrons. The van der Waals surface area contributed by atoms with E-state index in [1.807, 2.05) is 54.0 Å². The lowest BCUT2D eigenvalue weighted by molar-refractivity contribution is 0.399. The Hall–Kier alpha value is -2.36. The van der Waals surface area contributed by atoms with Crippen molar-refractivity contribution in [2.45, 2.75) is 6.92 Å². The maximum atomic E-state index is 5.17. The minimum Gasteiger partial charge on any atom is -0.481 e. The van der Waals surface area contributed by atoms with Gasteiger partial charge in [-0.2, -0.15) is 4.98 Å². The van der Waals surface area contributed by atoms with Crippen LogP contribution in [0.3, 0.4) is 0 Å². The number of nitrogens with zero attached hydrogens (tertiary/aromatic N) is 3. The molecule has 3 aromatic rings. The maximum absolute atomic E-state index is 5.17. The van der Waals surface area contributed by atoms with Crippen LogP contribution in [0.15, 0.2) is 42.5 Å². The van der Waals surface area contributed by atoms with E-state index >= 15 is 0 Å². The fraction of sp³-hybridized carbons (Fsp3) is 0.143. The van der Waals surface area contributed by atoms with Crippen molar-refractivity contribution in [1.29, 1.82) is 0 Å². The maximum Gasteiger partial charge on any atom is 0.215 e. The van der Waals surface area contributed by atoms with E-state index in [-0.39, 0.29) is 0 Å². The van der Waals surface area contributed by atoms with Gasteiger partial charge in [-0.15, -0.1) is 0 Å². The Bertz CT molecular complexity index is 689. The number of hydrogen-bond donors (Lipinski definition) is 0. The first-order valence-corrected chi connectivity index (χ1v) is 5.75. The van der Waals surface area contributed by atoms with E-state index in [1.165, 1.54) is 0 Å². The fourth-order valence-corrected chi connectivity index (χ4v) is 2.05. The number of aromatic nitrogens is 3. The molecule has 90 valence electrons. The van der Waals surface area contributed by atoms with E-state index in [2.05, 4.69) is 9.97 Å². The molecule has 2 heterocycles. The van der Waals surface area contributed by atoms with Crippen LogP contribution in [0.5, 0.6) is 5.88 Å². The van der Waals surface area contributed by atoms with Crippen molar-refractivity contribution in [3.63, 3.8) is 0 Å². The van der Waals surface area contributed by atoms with Crippen molar-refractivity contribution in [2.24, 2.45) is 0 Å². The molecular formula is C14H13N3O. The van der Waals surface area contributed by atoms with Crippen molar-refractivity contribution in [3.8, 4) is 11.6 Å². The quantitative estimate of drug-likeness (QED) is 0.690. The first-order valence-electron chi connectivity index (χ1n) is 5.75. The number of rotatable bonds is 2. The van der Waals surface area contributed by atoms with Crippen LogP contribution in [0.25, 0.3) is 16.9 Å². The van der Waals surface area contributed by atoms with E-state index in [0.29, 0.717) is 5.88 Å². The highest BCUT2D eigenvalue weighted by Crippen LogP contribution is 2.21. The topological polar surface area (TPSA) is 39.9 Å². The van der Waals surface area contributed by atoms with Gasteiger partial charge in [-0.1, -0.05) is 18.2 Å². The molecule has 0 N–H and O–H groups in total. The number of methoxy groups -OCH3 is 1. The summed E-state index contributed by atoms with van der Waals surface area (Å²) in [4.78, 5) is 8.98. The SMILES string of the molecule is COc1ccc2nc(C)n(-c3ccccc3)c2n1. The summed E-state index contributed by atoms with van der Waals surface area (Å²) >= 11 is 0. The molecule has 0 fully saturated rings. The molecule has 0 bridgehead atoms. The molecule has 0 saturated heterocycles. The number of benzene rings is 1. The predicted molar refractivity (Wildman–Crippen MR) is 70.2 cm³/mol. The highest BCUT2D eigenvalue weighted by atomic mass is 16.5. The molecule has 0 unspecified atom stereocenters. The third-order valence-electron chi connectivity index (χ3n) is 2.87. The summed E-state index contributed by atoms with van der Waals surface area (Å²) in [5, 5.41) is 0. The molecule has 0 spiro atoms. The molecule has 4 nitrogen and oxygen atoms in total. The monoisotopic (exact) mass is 239 g/mol. The van der Waals surface area contributed by atoms with E-state index < -0.39 is 0 Å². The van der Waals surface area contributed by atoms with Gasteiger partial charge in [0.05, 0.1) is 7.11 Å². The highest BCUT2D eigenvalue weighted by molar-refractivity contribution is 5.74. The zero-order valence-electron chi connectivity index (χ0n) is 10.3. The lowest BCUT2D eigenvalue weighted by Gasteiger charge is -2.06. The van der Waals surface area contributed by atoms with Gasteiger partial charge in [0.25, 0.3) is 0 Å². The van der Waals surface area contributed by atoms with Crippen LogP contribution >= 0.6 is 0 Å². The summed E-state index contributed by atoms with van der Waals surface area (Å²) in [6.45, 7) is 1.97. The van der Waals surface area contributed by atoms with Gasteiger partial charge in [-0.3, -0.25) is 4.57 Å². The Balaban J connectivity index is 2.30. The zero-order valence-corrected chi connectivity index (χ0v) is 10.3. The van der Waals surface area contributed by atoms with Crippen molar-refractivity contribution < 1.29 is 4.74 Å². The average Bonchev–Trinajstić information content (AvgIpc) is 2.74. The number of ether oxygens (including phenoxy) is 1. The minimum absolute atomic E-state index is 0.597. The van der Waals surface area contributed by atoms with Crippen LogP contribution in [0.4, 0.5) is 0 Å². The Labute approximate surface area is 105 Å². The van der Waals surface area contributed by atoms with E-state index in [4.69, 9.17) is 4.74 Å². The highest BCUT2D eigenvalue weighted by Gasteiger charge is 2.11. The minimum atomic E-state index is 0.597. The summed E-state index contributed by atoms with van der Waals surface area (Å²) in [6, 6.07) is 13.8. The number of imidazole rings is 1. The van der Waals surface area contributed by atoms with Gasteiger partial charge in [0.1, 0.15) is 11.3 Å². The molecule has 3 rings (SSSR count). The first kappa shape index (κ1) is 10.8. The Morgan fingerprint density at radius 1 is 1.00 bits per heavy atom. The van der Waals surface area contributed by atoms with Crippen LogP contribution in [-0.4, -0.2) is 21.6 Å². The molecule has 0 saturated carbocycles. The molecule has 1 aromatic carbocycles. The average molecular weight is 239 g/mol. The second-order valence-electron chi connectivity index (χ2n) is 4.03. The lowest BCUT2D eigenvalue weighted by atomic mass is 10.3. The summed E-state index contributed by atoms with van der Waals surface area (Å²) in [5.74, 6) is 1.51. The van der Waals surface area contributed by atoms with Gasteiger partial charge < -0.3 is 4.74 Å². The van der Waals surface area contributed by atoms with Crippen LogP contribution in [-0.2, 0) is 0 Å². The van der Waals surface area contributed by atoms with Gasteiger partial charge in [-0.05, 0) is 25.1 Å².